The molecular weight excluding hydrogens is 360 g/mol. The van der Waals surface area contributed by atoms with Crippen molar-refractivity contribution in [3.8, 4) is 0 Å². The molecule has 0 bridgehead atoms. The molecule has 1 aromatic heterocycles. The van der Waals surface area contributed by atoms with Gasteiger partial charge in [-0.05, 0) is 55.5 Å². The van der Waals surface area contributed by atoms with E-state index in [2.05, 4.69) is 93.1 Å². The zero-order valence-corrected chi connectivity index (χ0v) is 17.1. The van der Waals surface area contributed by atoms with Gasteiger partial charge in [0.25, 0.3) is 0 Å². The second-order valence-electron chi connectivity index (χ2n) is 7.85. The minimum Gasteiger partial charge on any atom is -0.372 e. The van der Waals surface area contributed by atoms with Gasteiger partial charge in [-0.15, -0.1) is 5.10 Å². The molecule has 1 aliphatic heterocycles. The summed E-state index contributed by atoms with van der Waals surface area (Å²) in [4.78, 5) is 6.97. The number of piperidine rings is 1. The van der Waals surface area contributed by atoms with Crippen LogP contribution in [0, 0.1) is 12.8 Å². The van der Waals surface area contributed by atoms with Crippen molar-refractivity contribution < 1.29 is 0 Å². The fourth-order valence-electron chi connectivity index (χ4n) is 3.49. The Labute approximate surface area is 172 Å². The van der Waals surface area contributed by atoms with Gasteiger partial charge in [0.2, 0.25) is 5.95 Å². The average molecular weight is 389 g/mol. The second-order valence-corrected chi connectivity index (χ2v) is 7.85. The van der Waals surface area contributed by atoms with Crippen molar-refractivity contribution in [2.75, 3.05) is 28.6 Å². The van der Waals surface area contributed by atoms with Crippen molar-refractivity contribution >= 4 is 23.1 Å². The molecule has 6 nitrogen and oxygen atoms in total. The van der Waals surface area contributed by atoms with Crippen LogP contribution in [0.25, 0.3) is 0 Å². The van der Waals surface area contributed by atoms with E-state index in [1.54, 1.807) is 6.20 Å². The zero-order chi connectivity index (χ0) is 20.1. The maximum Gasteiger partial charge on any atom is 0.249 e. The van der Waals surface area contributed by atoms with Gasteiger partial charge in [-0.1, -0.05) is 36.8 Å². The van der Waals surface area contributed by atoms with E-state index in [1.165, 1.54) is 29.7 Å². The molecule has 0 amide bonds. The van der Waals surface area contributed by atoms with Gasteiger partial charge in [0.1, 0.15) is 0 Å². The Kier molecular flexibility index (Phi) is 5.89. The molecule has 29 heavy (non-hydrogen) atoms. The van der Waals surface area contributed by atoms with E-state index in [9.17, 15) is 0 Å². The lowest BCUT2D eigenvalue weighted by Crippen LogP contribution is -2.32. The summed E-state index contributed by atoms with van der Waals surface area (Å²) in [5.41, 5.74) is 4.68. The van der Waals surface area contributed by atoms with Crippen molar-refractivity contribution in [3.05, 3.63) is 65.9 Å². The van der Waals surface area contributed by atoms with E-state index in [0.717, 1.165) is 24.7 Å². The Morgan fingerprint density at radius 3 is 2.45 bits per heavy atom. The highest BCUT2D eigenvalue weighted by atomic mass is 15.3. The molecule has 0 atom stereocenters. The van der Waals surface area contributed by atoms with E-state index in [-0.39, 0.29) is 0 Å². The van der Waals surface area contributed by atoms with Crippen LogP contribution in [0.15, 0.2) is 54.7 Å². The van der Waals surface area contributed by atoms with Gasteiger partial charge in [0.15, 0.2) is 5.82 Å². The van der Waals surface area contributed by atoms with Crippen molar-refractivity contribution in [2.24, 2.45) is 5.92 Å². The highest BCUT2D eigenvalue weighted by molar-refractivity contribution is 5.59. The predicted octanol–water partition coefficient (Wildman–Crippen LogP) is 4.77. The van der Waals surface area contributed by atoms with Gasteiger partial charge in [0.05, 0.1) is 6.20 Å². The molecule has 0 spiro atoms. The molecule has 0 saturated carbocycles. The van der Waals surface area contributed by atoms with Crippen LogP contribution >= 0.6 is 0 Å². The Bertz CT molecular complexity index is 915. The van der Waals surface area contributed by atoms with Crippen molar-refractivity contribution in [1.29, 1.82) is 0 Å². The van der Waals surface area contributed by atoms with Crippen LogP contribution in [-0.4, -0.2) is 28.3 Å². The monoisotopic (exact) mass is 388 g/mol. The predicted molar refractivity (Wildman–Crippen MR) is 119 cm³/mol. The number of hydrogen-bond donors (Lipinski definition) is 2. The largest absolute Gasteiger partial charge is 0.372 e. The van der Waals surface area contributed by atoms with Gasteiger partial charge in [-0.3, -0.25) is 0 Å². The summed E-state index contributed by atoms with van der Waals surface area (Å²) in [6.07, 6.45) is 4.17. The Morgan fingerprint density at radius 1 is 1.00 bits per heavy atom. The molecule has 1 fully saturated rings. The summed E-state index contributed by atoms with van der Waals surface area (Å²) in [6, 6.07) is 16.9. The second kappa shape index (κ2) is 8.90. The summed E-state index contributed by atoms with van der Waals surface area (Å²) in [7, 11) is 0. The number of benzene rings is 2. The topological polar surface area (TPSA) is 66.0 Å². The molecule has 6 heteroatoms. The zero-order valence-electron chi connectivity index (χ0n) is 17.1. The number of nitrogens with one attached hydrogen (secondary N) is 2. The number of anilines is 4. The van der Waals surface area contributed by atoms with Crippen LogP contribution in [0.2, 0.25) is 0 Å². The summed E-state index contributed by atoms with van der Waals surface area (Å²) in [5.74, 6) is 2.02. The fraction of sp³-hybridized carbons (Fsp3) is 0.348. The molecule has 2 heterocycles. The number of aryl methyl sites for hydroxylation is 1. The van der Waals surface area contributed by atoms with Crippen LogP contribution in [-0.2, 0) is 6.54 Å². The average Bonchev–Trinajstić information content (AvgIpc) is 2.75. The molecule has 4 rings (SSSR count). The summed E-state index contributed by atoms with van der Waals surface area (Å²) < 4.78 is 0. The van der Waals surface area contributed by atoms with Crippen LogP contribution in [0.1, 0.15) is 30.9 Å². The smallest absolute Gasteiger partial charge is 0.249 e. The maximum absolute atomic E-state index is 4.52. The SMILES string of the molecule is Cc1ccc(CNc2cnnc(Nc3ccc(N4CCC(C)CC4)cc3)n2)cc1. The number of aromatic nitrogens is 3. The minimum absolute atomic E-state index is 0.485. The Hall–Kier alpha value is -3.15. The van der Waals surface area contributed by atoms with E-state index >= 15 is 0 Å². The molecule has 2 N–H and O–H groups in total. The van der Waals surface area contributed by atoms with Gasteiger partial charge in [0, 0.05) is 31.0 Å². The summed E-state index contributed by atoms with van der Waals surface area (Å²) in [6.45, 7) is 7.39. The van der Waals surface area contributed by atoms with Gasteiger partial charge >= 0.3 is 0 Å². The number of hydrogen-bond acceptors (Lipinski definition) is 6. The molecule has 150 valence electrons. The van der Waals surface area contributed by atoms with Gasteiger partial charge < -0.3 is 15.5 Å². The van der Waals surface area contributed by atoms with Crippen LogP contribution in [0.3, 0.4) is 0 Å². The first-order valence-electron chi connectivity index (χ1n) is 10.3. The number of rotatable bonds is 6. The lowest BCUT2D eigenvalue weighted by molar-refractivity contribution is 0.438. The third-order valence-electron chi connectivity index (χ3n) is 5.43. The highest BCUT2D eigenvalue weighted by Crippen LogP contribution is 2.25. The standard InChI is InChI=1S/C23H28N6/c1-17-3-5-19(6-4-17)15-24-22-16-25-28-23(27-22)26-20-7-9-21(10-8-20)29-13-11-18(2)12-14-29/h3-10,16,18H,11-15H2,1-2H3,(H2,24,26,27,28). The fourth-order valence-corrected chi connectivity index (χ4v) is 3.49. The minimum atomic E-state index is 0.485. The lowest BCUT2D eigenvalue weighted by Gasteiger charge is -2.32. The highest BCUT2D eigenvalue weighted by Gasteiger charge is 2.15. The van der Waals surface area contributed by atoms with E-state index in [4.69, 9.17) is 0 Å². The summed E-state index contributed by atoms with van der Waals surface area (Å²) in [5, 5.41) is 14.7. The van der Waals surface area contributed by atoms with Crippen LogP contribution in [0.4, 0.5) is 23.1 Å². The van der Waals surface area contributed by atoms with Crippen molar-refractivity contribution in [2.45, 2.75) is 33.2 Å². The molecule has 3 aromatic rings. The normalized spacial score (nSPS) is 14.6. The van der Waals surface area contributed by atoms with Crippen LogP contribution in [0.5, 0.6) is 0 Å². The molecule has 1 saturated heterocycles. The quantitative estimate of drug-likeness (QED) is 0.634. The molecule has 1 aliphatic rings. The van der Waals surface area contributed by atoms with E-state index in [1.807, 2.05) is 0 Å². The van der Waals surface area contributed by atoms with Crippen LogP contribution < -0.4 is 15.5 Å². The van der Waals surface area contributed by atoms with E-state index < -0.39 is 0 Å². The van der Waals surface area contributed by atoms with Crippen molar-refractivity contribution in [1.82, 2.24) is 15.2 Å². The number of nitrogens with zero attached hydrogens (tertiary/aromatic N) is 4. The first-order chi connectivity index (χ1) is 14.2. The third-order valence-corrected chi connectivity index (χ3v) is 5.43. The maximum atomic E-state index is 4.52. The van der Waals surface area contributed by atoms with Gasteiger partial charge in [-0.25, -0.2) is 0 Å². The first kappa shape index (κ1) is 19.2. The third kappa shape index (κ3) is 5.22. The van der Waals surface area contributed by atoms with E-state index in [0.29, 0.717) is 18.3 Å². The first-order valence-corrected chi connectivity index (χ1v) is 10.3. The van der Waals surface area contributed by atoms with Gasteiger partial charge in [-0.2, -0.15) is 10.1 Å². The molecular formula is C23H28N6. The molecule has 0 unspecified atom stereocenters. The lowest BCUT2D eigenvalue weighted by atomic mass is 9.99. The molecule has 2 aromatic carbocycles. The Morgan fingerprint density at radius 2 is 1.72 bits per heavy atom. The Balaban J connectivity index is 1.35. The molecule has 0 radical (unpaired) electrons. The van der Waals surface area contributed by atoms with Crippen molar-refractivity contribution in [3.63, 3.8) is 0 Å². The summed E-state index contributed by atoms with van der Waals surface area (Å²) >= 11 is 0. The molecule has 0 aliphatic carbocycles.